The van der Waals surface area contributed by atoms with E-state index in [-0.39, 0.29) is 41.9 Å². The summed E-state index contributed by atoms with van der Waals surface area (Å²) in [5, 5.41) is 20.0. The highest BCUT2D eigenvalue weighted by atomic mass is 19.1. The van der Waals surface area contributed by atoms with Gasteiger partial charge >= 0.3 is 0 Å². The van der Waals surface area contributed by atoms with Crippen LogP contribution in [-0.2, 0) is 5.60 Å². The fourth-order valence-corrected chi connectivity index (χ4v) is 4.72. The van der Waals surface area contributed by atoms with E-state index in [0.717, 1.165) is 12.0 Å². The number of carbonyl (C=O) groups excluding carboxylic acids is 1. The lowest BCUT2D eigenvalue weighted by molar-refractivity contribution is 0.0287. The largest absolute Gasteiger partial charge is 0.463 e. The van der Waals surface area contributed by atoms with Crippen molar-refractivity contribution in [1.29, 1.82) is 0 Å². The van der Waals surface area contributed by atoms with Crippen LogP contribution in [0.3, 0.4) is 0 Å². The number of aromatic nitrogens is 4. The molecule has 176 valence electrons. The maximum Gasteiger partial charge on any atom is 0.271 e. The lowest BCUT2D eigenvalue weighted by Crippen LogP contribution is -2.38. The first kappa shape index (κ1) is 22.3. The first-order valence-corrected chi connectivity index (χ1v) is 11.2. The molecule has 2 N–H and O–H groups in total. The van der Waals surface area contributed by atoms with Crippen LogP contribution < -0.4 is 10.1 Å². The number of aliphatic hydroxyl groups excluding tert-OH is 1. The molecule has 1 unspecified atom stereocenters. The molecular weight excluding hydrogens is 444 g/mol. The van der Waals surface area contributed by atoms with Crippen LogP contribution in [0.15, 0.2) is 36.7 Å². The van der Waals surface area contributed by atoms with Crippen molar-refractivity contribution in [3.8, 4) is 17.1 Å². The monoisotopic (exact) mass is 467 g/mol. The zero-order chi connectivity index (χ0) is 23.9. The Labute approximate surface area is 194 Å². The number of carbonyl (C=O) groups is 1. The highest BCUT2D eigenvalue weighted by molar-refractivity contribution is 5.92. The highest BCUT2D eigenvalue weighted by Crippen LogP contribution is 2.60. The van der Waals surface area contributed by atoms with Crippen molar-refractivity contribution in [2.24, 2.45) is 5.92 Å². The second kappa shape index (κ2) is 8.68. The van der Waals surface area contributed by atoms with Gasteiger partial charge in [0.25, 0.3) is 5.91 Å². The molecule has 0 aliphatic heterocycles. The van der Waals surface area contributed by atoms with E-state index in [1.165, 1.54) is 30.6 Å². The lowest BCUT2D eigenvalue weighted by atomic mass is 9.80. The molecule has 3 aromatic rings. The average Bonchev–Trinajstić information content (AvgIpc) is 3.62. The van der Waals surface area contributed by atoms with Gasteiger partial charge in [-0.2, -0.15) is 5.10 Å². The van der Waals surface area contributed by atoms with E-state index in [9.17, 15) is 13.6 Å². The lowest BCUT2D eigenvalue weighted by Gasteiger charge is -2.36. The SMILES string of the molecule is CC[C@]1(Oc2cncc(C(=O)NCCO)n2)CC2C[C@@H]2c2cc(-c3c(F)cccc3F)nnc21. The van der Waals surface area contributed by atoms with Gasteiger partial charge in [0, 0.05) is 6.54 Å². The molecule has 0 bridgehead atoms. The summed E-state index contributed by atoms with van der Waals surface area (Å²) in [4.78, 5) is 20.6. The summed E-state index contributed by atoms with van der Waals surface area (Å²) in [6, 6.07) is 5.42. The Morgan fingerprint density at radius 2 is 2.06 bits per heavy atom. The Morgan fingerprint density at radius 3 is 2.79 bits per heavy atom. The number of benzene rings is 1. The van der Waals surface area contributed by atoms with E-state index >= 15 is 0 Å². The first-order valence-electron chi connectivity index (χ1n) is 11.2. The van der Waals surface area contributed by atoms with Gasteiger partial charge in [0.15, 0.2) is 5.60 Å². The third-order valence-electron chi connectivity index (χ3n) is 6.50. The molecule has 2 aliphatic carbocycles. The summed E-state index contributed by atoms with van der Waals surface area (Å²) in [7, 11) is 0. The standard InChI is InChI=1S/C24H23F2N5O3/c1-2-24(34-20-12-27-11-19(29-20)23(33)28-6-7-32)10-13-8-14(13)15-9-18(30-31-22(15)24)21-16(25)4-3-5-17(21)26/h3-5,9,11-14,32H,2,6-8,10H2,1H3,(H,28,33)/t13?,14-,24-/m0/s1. The summed E-state index contributed by atoms with van der Waals surface area (Å²) in [5.74, 6) is -1.11. The molecule has 1 aromatic carbocycles. The van der Waals surface area contributed by atoms with Gasteiger partial charge in [0.05, 0.1) is 30.3 Å². The van der Waals surface area contributed by atoms with Crippen LogP contribution in [0.4, 0.5) is 8.78 Å². The van der Waals surface area contributed by atoms with Gasteiger partial charge < -0.3 is 15.2 Å². The van der Waals surface area contributed by atoms with E-state index in [4.69, 9.17) is 9.84 Å². The Kier molecular flexibility index (Phi) is 5.68. The minimum atomic E-state index is -0.860. The number of aliphatic hydroxyl groups is 1. The molecule has 8 nitrogen and oxygen atoms in total. The third-order valence-corrected chi connectivity index (χ3v) is 6.50. The molecule has 34 heavy (non-hydrogen) atoms. The van der Waals surface area contributed by atoms with Crippen molar-refractivity contribution in [1.82, 2.24) is 25.5 Å². The number of halogens is 2. The zero-order valence-corrected chi connectivity index (χ0v) is 18.5. The van der Waals surface area contributed by atoms with E-state index < -0.39 is 23.1 Å². The zero-order valence-electron chi connectivity index (χ0n) is 18.5. The number of hydrogen-bond donors (Lipinski definition) is 2. The number of fused-ring (bicyclic) bond motifs is 3. The van der Waals surface area contributed by atoms with Crippen LogP contribution in [0.25, 0.3) is 11.3 Å². The number of rotatable bonds is 7. The number of nitrogens with one attached hydrogen (secondary N) is 1. The van der Waals surface area contributed by atoms with Crippen LogP contribution in [-0.4, -0.2) is 44.3 Å². The van der Waals surface area contributed by atoms with Crippen molar-refractivity contribution in [2.45, 2.75) is 37.7 Å². The molecule has 2 aromatic heterocycles. The van der Waals surface area contributed by atoms with Gasteiger partial charge in [-0.15, -0.1) is 5.10 Å². The van der Waals surface area contributed by atoms with Crippen LogP contribution >= 0.6 is 0 Å². The quantitative estimate of drug-likeness (QED) is 0.549. The van der Waals surface area contributed by atoms with Crippen molar-refractivity contribution in [3.63, 3.8) is 0 Å². The molecule has 5 rings (SSSR count). The molecule has 0 spiro atoms. The van der Waals surface area contributed by atoms with Crippen molar-refractivity contribution >= 4 is 5.91 Å². The molecule has 1 fully saturated rings. The smallest absolute Gasteiger partial charge is 0.271 e. The highest BCUT2D eigenvalue weighted by Gasteiger charge is 2.54. The predicted molar refractivity (Wildman–Crippen MR) is 117 cm³/mol. The molecule has 1 saturated carbocycles. The Morgan fingerprint density at radius 1 is 1.26 bits per heavy atom. The van der Waals surface area contributed by atoms with E-state index in [0.29, 0.717) is 24.5 Å². The maximum atomic E-state index is 14.4. The van der Waals surface area contributed by atoms with Crippen LogP contribution in [0, 0.1) is 17.6 Å². The van der Waals surface area contributed by atoms with Gasteiger partial charge in [0.1, 0.15) is 23.0 Å². The number of nitrogens with zero attached hydrogens (tertiary/aromatic N) is 4. The van der Waals surface area contributed by atoms with Gasteiger partial charge in [-0.1, -0.05) is 13.0 Å². The molecule has 0 radical (unpaired) electrons. The van der Waals surface area contributed by atoms with Crippen molar-refractivity contribution in [2.75, 3.05) is 13.2 Å². The Balaban J connectivity index is 1.51. The van der Waals surface area contributed by atoms with E-state index in [1.54, 1.807) is 6.07 Å². The summed E-state index contributed by atoms with van der Waals surface area (Å²) >= 11 is 0. The fourth-order valence-electron chi connectivity index (χ4n) is 4.72. The number of hydrogen-bond acceptors (Lipinski definition) is 7. The maximum absolute atomic E-state index is 14.4. The normalized spacial score (nSPS) is 22.5. The second-order valence-electron chi connectivity index (χ2n) is 8.61. The molecule has 10 heteroatoms. The predicted octanol–water partition coefficient (Wildman–Crippen LogP) is 3.13. The number of ether oxygens (including phenoxy) is 1. The summed E-state index contributed by atoms with van der Waals surface area (Å²) in [6.45, 7) is 1.87. The van der Waals surface area contributed by atoms with Gasteiger partial charge in [-0.05, 0) is 54.9 Å². The molecule has 3 atom stereocenters. The first-order chi connectivity index (χ1) is 16.5. The van der Waals surface area contributed by atoms with Gasteiger partial charge in [0.2, 0.25) is 5.88 Å². The Bertz CT molecular complexity index is 1240. The molecule has 1 amide bonds. The third kappa shape index (κ3) is 3.87. The topological polar surface area (TPSA) is 110 Å². The van der Waals surface area contributed by atoms with E-state index in [2.05, 4.69) is 25.5 Å². The molecule has 2 aliphatic rings. The van der Waals surface area contributed by atoms with Gasteiger partial charge in [-0.25, -0.2) is 13.8 Å². The summed E-state index contributed by atoms with van der Waals surface area (Å²) in [5.41, 5.74) is 0.641. The van der Waals surface area contributed by atoms with Gasteiger partial charge in [-0.3, -0.25) is 9.78 Å². The second-order valence-corrected chi connectivity index (χ2v) is 8.61. The molecular formula is C24H23F2N5O3. The Hall–Kier alpha value is -3.53. The minimum absolute atomic E-state index is 0.0639. The van der Waals surface area contributed by atoms with Crippen LogP contribution in [0.1, 0.15) is 53.8 Å². The summed E-state index contributed by atoms with van der Waals surface area (Å²) < 4.78 is 35.1. The number of amides is 1. The van der Waals surface area contributed by atoms with E-state index in [1.807, 2.05) is 6.92 Å². The summed E-state index contributed by atoms with van der Waals surface area (Å²) in [6.07, 6.45) is 4.91. The van der Waals surface area contributed by atoms with Crippen molar-refractivity contribution < 1.29 is 23.4 Å². The van der Waals surface area contributed by atoms with Crippen LogP contribution in [0.2, 0.25) is 0 Å². The molecule has 0 saturated heterocycles. The minimum Gasteiger partial charge on any atom is -0.463 e. The molecule has 2 heterocycles. The average molecular weight is 467 g/mol. The van der Waals surface area contributed by atoms with Crippen LogP contribution in [0.5, 0.6) is 5.88 Å². The van der Waals surface area contributed by atoms with Crippen molar-refractivity contribution in [3.05, 3.63) is 65.2 Å². The fraction of sp³-hybridized carbons (Fsp3) is 0.375.